The zero-order chi connectivity index (χ0) is 20.4. The first kappa shape index (κ1) is 18.6. The van der Waals surface area contributed by atoms with Crippen LogP contribution in [0, 0.1) is 17.1 Å². The Labute approximate surface area is 167 Å². The van der Waals surface area contributed by atoms with Crippen molar-refractivity contribution in [1.82, 2.24) is 4.98 Å². The van der Waals surface area contributed by atoms with Crippen molar-refractivity contribution < 1.29 is 9.18 Å². The number of carbonyl (C=O) groups is 1. The average molecular weight is 390 g/mol. The summed E-state index contributed by atoms with van der Waals surface area (Å²) in [5.41, 5.74) is 7.58. The number of halogens is 1. The summed E-state index contributed by atoms with van der Waals surface area (Å²) in [6.45, 7) is 2.18. The number of hydrogen-bond donors (Lipinski definition) is 1. The molecular weight excluding hydrogens is 371 g/mol. The number of carbonyl (C=O) groups excluding carboxylic acids is 1. The maximum absolute atomic E-state index is 13.6. The van der Waals surface area contributed by atoms with Crippen molar-refractivity contribution in [1.29, 1.82) is 5.26 Å². The second-order valence-corrected chi connectivity index (χ2v) is 6.93. The smallest absolute Gasteiger partial charge is 0.262 e. The summed E-state index contributed by atoms with van der Waals surface area (Å²) < 4.78 is 13.6. The lowest BCUT2D eigenvalue weighted by Crippen LogP contribution is -2.27. The first-order valence-electron chi connectivity index (χ1n) is 9.32. The van der Waals surface area contributed by atoms with Crippen LogP contribution >= 0.6 is 0 Å². The van der Waals surface area contributed by atoms with Crippen molar-refractivity contribution in [2.45, 2.75) is 12.8 Å². The summed E-state index contributed by atoms with van der Waals surface area (Å²) in [6, 6.07) is 9.49. The molecule has 2 aliphatic heterocycles. The SMILES string of the molecule is N#Cc1cc(N2CC(N)=C(C=Nc3ccc(N4CCCC4)nc3)C2=O)ccc1F. The fourth-order valence-corrected chi connectivity index (χ4v) is 3.45. The molecule has 0 radical (unpaired) electrons. The van der Waals surface area contributed by atoms with Crippen molar-refractivity contribution in [3.05, 3.63) is 59.2 Å². The number of amides is 1. The molecule has 0 spiro atoms. The van der Waals surface area contributed by atoms with Gasteiger partial charge in [-0.15, -0.1) is 0 Å². The van der Waals surface area contributed by atoms with Crippen LogP contribution in [0.1, 0.15) is 18.4 Å². The van der Waals surface area contributed by atoms with E-state index in [2.05, 4.69) is 14.9 Å². The van der Waals surface area contributed by atoms with Gasteiger partial charge in [-0.25, -0.2) is 9.37 Å². The van der Waals surface area contributed by atoms with E-state index in [9.17, 15) is 9.18 Å². The topological polar surface area (TPSA) is 98.6 Å². The number of nitrogens with two attached hydrogens (primary N) is 1. The van der Waals surface area contributed by atoms with Crippen molar-refractivity contribution in [2.24, 2.45) is 10.7 Å². The first-order chi connectivity index (χ1) is 14.1. The minimum atomic E-state index is -0.629. The molecule has 0 bridgehead atoms. The highest BCUT2D eigenvalue weighted by Gasteiger charge is 2.29. The number of pyridine rings is 1. The standard InChI is InChI=1S/C21H19FN6O/c22-18-5-4-16(9-14(18)10-23)28-13-19(24)17(21(28)29)12-25-15-3-6-20(26-11-15)27-7-1-2-8-27/h3-6,9,11-12H,1-2,7-8,13,24H2. The van der Waals surface area contributed by atoms with Crippen LogP contribution in [0.3, 0.4) is 0 Å². The van der Waals surface area contributed by atoms with E-state index in [1.54, 1.807) is 12.3 Å². The van der Waals surface area contributed by atoms with Gasteiger partial charge in [0, 0.05) is 30.7 Å². The van der Waals surface area contributed by atoms with Gasteiger partial charge in [-0.05, 0) is 43.2 Å². The Morgan fingerprint density at radius 3 is 2.72 bits per heavy atom. The molecule has 0 unspecified atom stereocenters. The normalized spacial score (nSPS) is 16.9. The van der Waals surface area contributed by atoms with Crippen molar-refractivity contribution in [3.63, 3.8) is 0 Å². The van der Waals surface area contributed by atoms with Crippen molar-refractivity contribution >= 4 is 29.3 Å². The van der Waals surface area contributed by atoms with Gasteiger partial charge in [-0.1, -0.05) is 0 Å². The molecule has 1 aromatic heterocycles. The summed E-state index contributed by atoms with van der Waals surface area (Å²) in [5, 5.41) is 9.00. The molecule has 2 aromatic rings. The third kappa shape index (κ3) is 3.67. The summed E-state index contributed by atoms with van der Waals surface area (Å²) in [5.74, 6) is -0.0493. The number of hydrogen-bond acceptors (Lipinski definition) is 6. The average Bonchev–Trinajstić information content (AvgIpc) is 3.36. The summed E-state index contributed by atoms with van der Waals surface area (Å²) in [7, 11) is 0. The van der Waals surface area contributed by atoms with Crippen LogP contribution in [0.4, 0.5) is 21.6 Å². The zero-order valence-corrected chi connectivity index (χ0v) is 15.7. The molecule has 0 saturated carbocycles. The van der Waals surface area contributed by atoms with E-state index in [1.165, 1.54) is 36.1 Å². The molecule has 1 saturated heterocycles. The van der Waals surface area contributed by atoms with Crippen LogP contribution in [0.15, 0.2) is 52.8 Å². The molecule has 2 aliphatic rings. The van der Waals surface area contributed by atoms with Crippen LogP contribution in [-0.4, -0.2) is 36.7 Å². The van der Waals surface area contributed by atoms with Crippen LogP contribution in [0.2, 0.25) is 0 Å². The first-order valence-corrected chi connectivity index (χ1v) is 9.32. The van der Waals surface area contributed by atoms with Gasteiger partial charge in [0.2, 0.25) is 0 Å². The van der Waals surface area contributed by atoms with Gasteiger partial charge in [0.15, 0.2) is 0 Å². The highest BCUT2D eigenvalue weighted by atomic mass is 19.1. The molecule has 29 heavy (non-hydrogen) atoms. The Hall–Kier alpha value is -3.73. The highest BCUT2D eigenvalue weighted by Crippen LogP contribution is 2.26. The van der Waals surface area contributed by atoms with Crippen molar-refractivity contribution in [2.75, 3.05) is 29.4 Å². The Morgan fingerprint density at radius 1 is 1.24 bits per heavy atom. The van der Waals surface area contributed by atoms with Gasteiger partial charge in [0.05, 0.1) is 29.6 Å². The van der Waals surface area contributed by atoms with Gasteiger partial charge in [0.25, 0.3) is 5.91 Å². The van der Waals surface area contributed by atoms with E-state index in [-0.39, 0.29) is 23.6 Å². The number of nitrogens with zero attached hydrogens (tertiary/aromatic N) is 5. The predicted octanol–water partition coefficient (Wildman–Crippen LogP) is 2.65. The maximum Gasteiger partial charge on any atom is 0.262 e. The van der Waals surface area contributed by atoms with Gasteiger partial charge < -0.3 is 15.5 Å². The lowest BCUT2D eigenvalue weighted by atomic mass is 10.2. The third-order valence-electron chi connectivity index (χ3n) is 5.04. The number of benzene rings is 1. The third-order valence-corrected chi connectivity index (χ3v) is 5.04. The Kier molecular flexibility index (Phi) is 4.96. The number of nitriles is 1. The monoisotopic (exact) mass is 390 g/mol. The molecule has 1 fully saturated rings. The fourth-order valence-electron chi connectivity index (χ4n) is 3.45. The summed E-state index contributed by atoms with van der Waals surface area (Å²) in [4.78, 5) is 25.1. The lowest BCUT2D eigenvalue weighted by Gasteiger charge is -2.16. The number of anilines is 2. The van der Waals surface area contributed by atoms with Gasteiger partial charge in [0.1, 0.15) is 17.7 Å². The maximum atomic E-state index is 13.6. The molecule has 1 aromatic carbocycles. The molecule has 2 N–H and O–H groups in total. The Balaban J connectivity index is 1.49. The van der Waals surface area contributed by atoms with Crippen LogP contribution < -0.4 is 15.5 Å². The minimum absolute atomic E-state index is 0.125. The van der Waals surface area contributed by atoms with Crippen molar-refractivity contribution in [3.8, 4) is 6.07 Å². The van der Waals surface area contributed by atoms with E-state index in [0.29, 0.717) is 17.1 Å². The molecule has 3 heterocycles. The molecule has 8 heteroatoms. The number of aliphatic imine (C=N–C) groups is 1. The summed E-state index contributed by atoms with van der Waals surface area (Å²) >= 11 is 0. The van der Waals surface area contributed by atoms with Gasteiger partial charge in [-0.3, -0.25) is 9.79 Å². The molecule has 1 amide bonds. The molecule has 0 atom stereocenters. The summed E-state index contributed by atoms with van der Waals surface area (Å²) in [6.07, 6.45) is 5.45. The Bertz CT molecular complexity index is 1050. The minimum Gasteiger partial charge on any atom is -0.400 e. The van der Waals surface area contributed by atoms with E-state index in [4.69, 9.17) is 11.0 Å². The largest absolute Gasteiger partial charge is 0.400 e. The molecule has 0 aliphatic carbocycles. The number of rotatable bonds is 4. The lowest BCUT2D eigenvalue weighted by molar-refractivity contribution is -0.114. The van der Waals surface area contributed by atoms with E-state index in [0.717, 1.165) is 25.0 Å². The van der Waals surface area contributed by atoms with Gasteiger partial charge in [-0.2, -0.15) is 5.26 Å². The van der Waals surface area contributed by atoms with E-state index >= 15 is 0 Å². The quantitative estimate of drug-likeness (QED) is 0.809. The molecule has 4 rings (SSSR count). The number of aromatic nitrogens is 1. The van der Waals surface area contributed by atoms with Gasteiger partial charge >= 0.3 is 0 Å². The van der Waals surface area contributed by atoms with E-state index < -0.39 is 5.82 Å². The van der Waals surface area contributed by atoms with Crippen LogP contribution in [0.5, 0.6) is 0 Å². The van der Waals surface area contributed by atoms with E-state index in [1.807, 2.05) is 12.1 Å². The second-order valence-electron chi connectivity index (χ2n) is 6.93. The Morgan fingerprint density at radius 2 is 2.03 bits per heavy atom. The van der Waals surface area contributed by atoms with Crippen LogP contribution in [0.25, 0.3) is 0 Å². The molecule has 146 valence electrons. The van der Waals surface area contributed by atoms with Crippen LogP contribution in [-0.2, 0) is 4.79 Å². The fraction of sp³-hybridized carbons (Fsp3) is 0.238. The second kappa shape index (κ2) is 7.72. The highest BCUT2D eigenvalue weighted by molar-refractivity contribution is 6.22. The predicted molar refractivity (Wildman–Crippen MR) is 109 cm³/mol. The molecule has 7 nitrogen and oxygen atoms in total. The zero-order valence-electron chi connectivity index (χ0n) is 15.7. The molecular formula is C21H19FN6O.